The SMILES string of the molecule is O=S(OC=Cc1ccccc1)OC=Cc1ccccc1. The summed E-state index contributed by atoms with van der Waals surface area (Å²) in [6.45, 7) is 0. The Hall–Kier alpha value is -2.33. The molecule has 0 heterocycles. The summed E-state index contributed by atoms with van der Waals surface area (Å²) in [4.78, 5) is 0. The molecule has 0 aliphatic carbocycles. The minimum absolute atomic E-state index is 0.962. The first-order valence-corrected chi connectivity index (χ1v) is 7.04. The Labute approximate surface area is 121 Å². The Kier molecular flexibility index (Phi) is 5.61. The molecule has 0 radical (unpaired) electrons. The largest absolute Gasteiger partial charge is 0.416 e. The van der Waals surface area contributed by atoms with Crippen LogP contribution in [0.1, 0.15) is 11.1 Å². The van der Waals surface area contributed by atoms with Crippen LogP contribution in [0.4, 0.5) is 0 Å². The third-order valence-corrected chi connectivity index (χ3v) is 2.92. The third kappa shape index (κ3) is 5.12. The van der Waals surface area contributed by atoms with Crippen LogP contribution >= 0.6 is 0 Å². The van der Waals surface area contributed by atoms with E-state index in [1.54, 1.807) is 12.2 Å². The second-order valence-electron chi connectivity index (χ2n) is 3.82. The Balaban J connectivity index is 1.76. The van der Waals surface area contributed by atoms with Crippen LogP contribution in [0.5, 0.6) is 0 Å². The molecule has 0 bridgehead atoms. The summed E-state index contributed by atoms with van der Waals surface area (Å²) < 4.78 is 21.2. The van der Waals surface area contributed by atoms with E-state index < -0.39 is 11.4 Å². The number of rotatable bonds is 6. The lowest BCUT2D eigenvalue weighted by molar-refractivity contribution is 0.397. The van der Waals surface area contributed by atoms with E-state index in [9.17, 15) is 4.21 Å². The molecule has 20 heavy (non-hydrogen) atoms. The first-order valence-electron chi connectivity index (χ1n) is 6.04. The highest BCUT2D eigenvalue weighted by atomic mass is 32.2. The number of benzene rings is 2. The van der Waals surface area contributed by atoms with Crippen molar-refractivity contribution in [2.24, 2.45) is 0 Å². The van der Waals surface area contributed by atoms with Gasteiger partial charge in [0.15, 0.2) is 0 Å². The van der Waals surface area contributed by atoms with Crippen LogP contribution in [-0.2, 0) is 19.7 Å². The zero-order valence-corrected chi connectivity index (χ0v) is 11.5. The lowest BCUT2D eigenvalue weighted by atomic mass is 10.2. The monoisotopic (exact) mass is 286 g/mol. The summed E-state index contributed by atoms with van der Waals surface area (Å²) in [5.41, 5.74) is 1.92. The molecule has 3 nitrogen and oxygen atoms in total. The molecule has 0 unspecified atom stereocenters. The van der Waals surface area contributed by atoms with Gasteiger partial charge in [0.1, 0.15) is 12.5 Å². The lowest BCUT2D eigenvalue weighted by Gasteiger charge is -1.97. The predicted molar refractivity (Wildman–Crippen MR) is 81.3 cm³/mol. The van der Waals surface area contributed by atoms with E-state index in [1.807, 2.05) is 60.7 Å². The highest BCUT2D eigenvalue weighted by molar-refractivity contribution is 7.75. The van der Waals surface area contributed by atoms with Gasteiger partial charge in [-0.3, -0.25) is 0 Å². The van der Waals surface area contributed by atoms with Crippen molar-refractivity contribution in [3.63, 3.8) is 0 Å². The smallest absolute Gasteiger partial charge is 0.379 e. The van der Waals surface area contributed by atoms with Crippen LogP contribution in [0.15, 0.2) is 73.2 Å². The second-order valence-corrected chi connectivity index (χ2v) is 4.62. The van der Waals surface area contributed by atoms with Crippen LogP contribution in [0, 0.1) is 0 Å². The second kappa shape index (κ2) is 7.96. The molecule has 0 saturated heterocycles. The molecule has 0 aliphatic rings. The summed E-state index contributed by atoms with van der Waals surface area (Å²) >= 11 is -1.84. The van der Waals surface area contributed by atoms with Crippen molar-refractivity contribution in [3.8, 4) is 0 Å². The van der Waals surface area contributed by atoms with Crippen molar-refractivity contribution >= 4 is 23.5 Å². The van der Waals surface area contributed by atoms with Crippen LogP contribution in [0.2, 0.25) is 0 Å². The molecule has 0 atom stereocenters. The minimum Gasteiger partial charge on any atom is -0.379 e. The quantitative estimate of drug-likeness (QED) is 0.754. The maximum atomic E-state index is 11.4. The number of hydrogen-bond acceptors (Lipinski definition) is 3. The van der Waals surface area contributed by atoms with E-state index >= 15 is 0 Å². The zero-order chi connectivity index (χ0) is 14.0. The van der Waals surface area contributed by atoms with Gasteiger partial charge < -0.3 is 8.37 Å². The molecule has 0 aliphatic heterocycles. The van der Waals surface area contributed by atoms with E-state index in [2.05, 4.69) is 0 Å². The van der Waals surface area contributed by atoms with Crippen LogP contribution in [0.25, 0.3) is 12.2 Å². The van der Waals surface area contributed by atoms with Gasteiger partial charge in [-0.1, -0.05) is 60.7 Å². The maximum absolute atomic E-state index is 11.4. The molecular formula is C16H14O3S. The van der Waals surface area contributed by atoms with Gasteiger partial charge in [-0.05, 0) is 23.3 Å². The number of hydrogen-bond donors (Lipinski definition) is 0. The summed E-state index contributed by atoms with van der Waals surface area (Å²) in [6.07, 6.45) is 6.12. The molecule has 0 saturated carbocycles. The summed E-state index contributed by atoms with van der Waals surface area (Å²) in [5.74, 6) is 0. The fraction of sp³-hybridized carbons (Fsp3) is 0. The van der Waals surface area contributed by atoms with Gasteiger partial charge >= 0.3 is 11.4 Å². The van der Waals surface area contributed by atoms with Crippen molar-refractivity contribution in [1.29, 1.82) is 0 Å². The zero-order valence-electron chi connectivity index (χ0n) is 10.7. The average molecular weight is 286 g/mol. The standard InChI is InChI=1S/C16H14O3S/c17-20(18-13-11-15-7-3-1-4-8-15)19-14-12-16-9-5-2-6-10-16/h1-14H. The van der Waals surface area contributed by atoms with Gasteiger partial charge in [-0.25, -0.2) is 0 Å². The Morgan fingerprint density at radius 3 is 1.50 bits per heavy atom. The molecule has 2 rings (SSSR count). The van der Waals surface area contributed by atoms with Crippen LogP contribution in [-0.4, -0.2) is 4.21 Å². The van der Waals surface area contributed by atoms with E-state index in [-0.39, 0.29) is 0 Å². The van der Waals surface area contributed by atoms with Gasteiger partial charge in [0.05, 0.1) is 0 Å². The van der Waals surface area contributed by atoms with Crippen molar-refractivity contribution in [2.45, 2.75) is 0 Å². The summed E-state index contributed by atoms with van der Waals surface area (Å²) in [7, 11) is 0. The maximum Gasteiger partial charge on any atom is 0.416 e. The fourth-order valence-electron chi connectivity index (χ4n) is 1.45. The van der Waals surface area contributed by atoms with Gasteiger partial charge in [0.2, 0.25) is 0 Å². The molecule has 4 heteroatoms. The summed E-state index contributed by atoms with van der Waals surface area (Å²) in [5, 5.41) is 0. The van der Waals surface area contributed by atoms with Crippen molar-refractivity contribution in [2.75, 3.05) is 0 Å². The summed E-state index contributed by atoms with van der Waals surface area (Å²) in [6, 6.07) is 19.2. The van der Waals surface area contributed by atoms with Crippen molar-refractivity contribution < 1.29 is 12.6 Å². The predicted octanol–water partition coefficient (Wildman–Crippen LogP) is 3.94. The fourth-order valence-corrected chi connectivity index (χ4v) is 1.79. The normalized spacial score (nSPS) is 12.6. The van der Waals surface area contributed by atoms with Crippen LogP contribution in [0.3, 0.4) is 0 Å². The Bertz CT molecular complexity index is 538. The Morgan fingerprint density at radius 2 is 1.10 bits per heavy atom. The van der Waals surface area contributed by atoms with E-state index in [0.29, 0.717) is 0 Å². The van der Waals surface area contributed by atoms with Crippen LogP contribution < -0.4 is 0 Å². The molecule has 0 aromatic heterocycles. The van der Waals surface area contributed by atoms with Gasteiger partial charge in [0, 0.05) is 0 Å². The topological polar surface area (TPSA) is 35.5 Å². The molecule has 102 valence electrons. The third-order valence-electron chi connectivity index (χ3n) is 2.39. The molecule has 0 fully saturated rings. The molecule has 0 spiro atoms. The van der Waals surface area contributed by atoms with E-state index in [4.69, 9.17) is 8.37 Å². The van der Waals surface area contributed by atoms with Gasteiger partial charge in [-0.2, -0.15) is 4.21 Å². The van der Waals surface area contributed by atoms with E-state index in [1.165, 1.54) is 12.5 Å². The molecule has 2 aromatic rings. The van der Waals surface area contributed by atoms with E-state index in [0.717, 1.165) is 11.1 Å². The highest BCUT2D eigenvalue weighted by Gasteiger charge is 1.94. The van der Waals surface area contributed by atoms with Gasteiger partial charge in [-0.15, -0.1) is 0 Å². The highest BCUT2D eigenvalue weighted by Crippen LogP contribution is 2.04. The average Bonchev–Trinajstić information content (AvgIpc) is 2.49. The molecular weight excluding hydrogens is 272 g/mol. The van der Waals surface area contributed by atoms with Gasteiger partial charge in [0.25, 0.3) is 0 Å². The molecule has 0 N–H and O–H groups in total. The van der Waals surface area contributed by atoms with Crippen molar-refractivity contribution in [3.05, 3.63) is 84.3 Å². The first-order chi connectivity index (χ1) is 9.84. The Morgan fingerprint density at radius 1 is 0.700 bits per heavy atom. The molecule has 0 amide bonds. The first kappa shape index (κ1) is 14.1. The minimum atomic E-state index is -1.84. The lowest BCUT2D eigenvalue weighted by Crippen LogP contribution is -1.91. The molecule has 2 aromatic carbocycles. The van der Waals surface area contributed by atoms with Crippen molar-refractivity contribution in [1.82, 2.24) is 0 Å².